The summed E-state index contributed by atoms with van der Waals surface area (Å²) in [5, 5.41) is 87.8. The number of nitrogens with one attached hydrogen (secondary N) is 4. The number of benzene rings is 6. The minimum atomic E-state index is -0.447. The Morgan fingerprint density at radius 3 is 1.47 bits per heavy atom. The van der Waals surface area contributed by atoms with Gasteiger partial charge in [-0.1, -0.05) is 66.3 Å². The van der Waals surface area contributed by atoms with E-state index in [-0.39, 0.29) is 76.3 Å². The van der Waals surface area contributed by atoms with Crippen LogP contribution in [0.25, 0.3) is 0 Å². The number of ether oxygens (including phenoxy) is 4. The van der Waals surface area contributed by atoms with Gasteiger partial charge in [0.1, 0.15) is 41.0 Å². The predicted octanol–water partition coefficient (Wildman–Crippen LogP) is 9.82. The molecule has 0 fully saturated rings. The van der Waals surface area contributed by atoms with Crippen LogP contribution in [0.1, 0.15) is 87.8 Å². The molecule has 10 N–H and O–H groups in total. The summed E-state index contributed by atoms with van der Waals surface area (Å²) in [5.41, 5.74) is 16.2. The van der Waals surface area contributed by atoms with Gasteiger partial charge in [-0.25, -0.2) is 5.43 Å². The lowest BCUT2D eigenvalue weighted by atomic mass is 9.86. The van der Waals surface area contributed by atoms with Crippen molar-refractivity contribution in [3.63, 3.8) is 0 Å². The minimum Gasteiger partial charge on any atom is -0.508 e. The first kappa shape index (κ1) is 70.9. The van der Waals surface area contributed by atoms with Crippen LogP contribution in [0.3, 0.4) is 0 Å². The fraction of sp³-hybridized carbons (Fsp3) is 0.246. The van der Waals surface area contributed by atoms with E-state index in [4.69, 9.17) is 18.9 Å². The van der Waals surface area contributed by atoms with Gasteiger partial charge in [0.15, 0.2) is 64.3 Å². The van der Waals surface area contributed by atoms with E-state index >= 15 is 0 Å². The van der Waals surface area contributed by atoms with Crippen molar-refractivity contribution in [1.82, 2.24) is 21.7 Å². The first-order valence-corrected chi connectivity index (χ1v) is 28.5. The third-order valence-electron chi connectivity index (χ3n) is 12.2. The Labute approximate surface area is 534 Å². The molecule has 6 aromatic carbocycles. The average molecular weight is 1310 g/mol. The molecule has 91 heavy (non-hydrogen) atoms. The van der Waals surface area contributed by atoms with E-state index in [2.05, 4.69) is 85.0 Å². The van der Waals surface area contributed by atoms with E-state index in [9.17, 15) is 45.0 Å². The summed E-state index contributed by atoms with van der Waals surface area (Å²) >= 11 is 3.32. The maximum absolute atomic E-state index is 12.0. The second-order valence-electron chi connectivity index (χ2n) is 21.8. The van der Waals surface area contributed by atoms with E-state index in [0.29, 0.717) is 73.8 Å². The molecule has 0 radical (unpaired) electrons. The summed E-state index contributed by atoms with van der Waals surface area (Å²) in [6, 6.07) is 31.2. The van der Waals surface area contributed by atoms with Crippen LogP contribution >= 0.6 is 15.9 Å². The van der Waals surface area contributed by atoms with Crippen LogP contribution in [-0.4, -0.2) is 123 Å². The van der Waals surface area contributed by atoms with Gasteiger partial charge in [-0.15, -0.1) is 20.4 Å². The molecule has 0 unspecified atom stereocenters. The predicted molar refractivity (Wildman–Crippen MR) is 355 cm³/mol. The third-order valence-corrected chi connectivity index (χ3v) is 12.8. The first-order chi connectivity index (χ1) is 43.1. The van der Waals surface area contributed by atoms with Crippen molar-refractivity contribution in [2.24, 2.45) is 51.6 Å². The fourth-order valence-corrected chi connectivity index (χ4v) is 8.06. The zero-order valence-corrected chi connectivity index (χ0v) is 53.4. The van der Waals surface area contributed by atoms with E-state index in [1.54, 1.807) is 74.0 Å². The molecule has 26 heteroatoms. The maximum atomic E-state index is 12.0. The number of aromatic hydroxyl groups is 6. The number of para-hydroxylation sites is 1. The number of phenols is 6. The Morgan fingerprint density at radius 2 is 1.01 bits per heavy atom. The molecule has 25 nitrogen and oxygen atoms in total. The normalized spacial score (nSPS) is 13.0. The number of amides is 1. The smallest absolute Gasteiger partial charge is 0.277 e. The summed E-state index contributed by atoms with van der Waals surface area (Å²) in [5.74, 6) is 2.04. The van der Waals surface area contributed by atoms with Crippen molar-refractivity contribution in [2.45, 2.75) is 68.2 Å². The summed E-state index contributed by atoms with van der Waals surface area (Å²) in [4.78, 5) is 35.7. The van der Waals surface area contributed by atoms with Crippen LogP contribution in [0.15, 0.2) is 173 Å². The van der Waals surface area contributed by atoms with Crippen molar-refractivity contribution >= 4 is 81.4 Å². The number of phenolic OH excluding ortho intramolecular Hbond substituents is 6. The fourth-order valence-electron chi connectivity index (χ4n) is 7.58. The van der Waals surface area contributed by atoms with Crippen molar-refractivity contribution in [3.8, 4) is 57.5 Å². The Kier molecular flexibility index (Phi) is 26.5. The highest BCUT2D eigenvalue weighted by atomic mass is 79.9. The van der Waals surface area contributed by atoms with Gasteiger partial charge >= 0.3 is 0 Å². The molecule has 0 aliphatic carbocycles. The SMILES string of the molecule is C=C(COc1c(C)cccc1C)N/N=C/c1ccc(O)c(O)c1.CC(C)(C)C1=NN=C(N/N=C/c2ccc(O)cc2)CC1=O.COc1ccc(/C=N/NC2=NN=C(C(C)(C)C)C(=O)C2)cc1O.COc1ccc(OCC(=O)N/N=C/c2ccc(O)c(O)c2)c(Br)c1. The Hall–Kier alpha value is -10.9. The third kappa shape index (κ3) is 23.6. The number of hydrogen-bond acceptors (Lipinski definition) is 24. The number of aryl methyl sites for hydroxylation is 2. The number of Topliss-reactive ketones (excluding diaryl/α,β-unsaturated/α-hetero) is 2. The molecule has 478 valence electrons. The molecule has 1 amide bonds. The lowest BCUT2D eigenvalue weighted by Gasteiger charge is -2.21. The topological polar surface area (TPSA) is 357 Å². The lowest BCUT2D eigenvalue weighted by Crippen LogP contribution is -2.35. The van der Waals surface area contributed by atoms with Gasteiger partial charge < -0.3 is 49.6 Å². The van der Waals surface area contributed by atoms with Gasteiger partial charge in [-0.3, -0.25) is 30.7 Å². The van der Waals surface area contributed by atoms with Gasteiger partial charge in [0, 0.05) is 10.8 Å². The number of carbonyl (C=O) groups is 3. The molecule has 6 aromatic rings. The average Bonchev–Trinajstić information content (AvgIpc) is 2.02. The molecule has 0 atom stereocenters. The summed E-state index contributed by atoms with van der Waals surface area (Å²) in [6.45, 7) is 19.5. The molecule has 8 rings (SSSR count). The molecular formula is C65H73BrN12O13. The number of nitrogens with zero attached hydrogens (tertiary/aromatic N) is 8. The van der Waals surface area contributed by atoms with Gasteiger partial charge in [-0.2, -0.15) is 20.4 Å². The highest BCUT2D eigenvalue weighted by Gasteiger charge is 2.30. The number of halogens is 1. The van der Waals surface area contributed by atoms with Crippen molar-refractivity contribution in [1.29, 1.82) is 0 Å². The quantitative estimate of drug-likeness (QED) is 0.0231. The van der Waals surface area contributed by atoms with E-state index in [1.807, 2.05) is 73.6 Å². The highest BCUT2D eigenvalue weighted by molar-refractivity contribution is 9.10. The van der Waals surface area contributed by atoms with Crippen LogP contribution in [0.5, 0.6) is 57.5 Å². The highest BCUT2D eigenvalue weighted by Crippen LogP contribution is 2.30. The Bertz CT molecular complexity index is 3790. The standard InChI is InChI=1S/C18H20N2O3.C16H15BrN2O5.C16H20N4O3.C15H18N4O2/c1-12-5-4-6-13(2)18(12)23-11-14(3)20-19-10-15-7-8-16(21)17(22)9-15;1-23-11-3-5-15(12(17)7-11)24-9-16(22)19-18-8-10-2-4-13(20)14(21)6-10;1-16(2,3)15-12(22)8-14(19-20-15)18-17-9-10-5-6-13(23-4)11(21)7-10;1-15(2,3)14-12(21)8-13(18-19-14)17-16-9-10-4-6-11(20)7-5-10/h4-10,20-22H,3,11H2,1-2H3;2-8,20-21H,9H2,1H3,(H,19,22);5-7,9,21H,8H2,1-4H3,(H,18,19);4-7,9,20H,8H2,1-3H3,(H,17,18)/b19-10+;18-8+;17-9+;16-9+. The van der Waals surface area contributed by atoms with Crippen LogP contribution in [0.4, 0.5) is 0 Å². The molecule has 0 saturated carbocycles. The van der Waals surface area contributed by atoms with Gasteiger partial charge in [0.2, 0.25) is 0 Å². The van der Waals surface area contributed by atoms with Gasteiger partial charge in [0.25, 0.3) is 5.91 Å². The largest absolute Gasteiger partial charge is 0.508 e. The van der Waals surface area contributed by atoms with Gasteiger partial charge in [0.05, 0.1) is 62.1 Å². The van der Waals surface area contributed by atoms with Crippen molar-refractivity contribution < 1.29 is 64.0 Å². The molecule has 2 aliphatic heterocycles. The number of methoxy groups -OCH3 is 2. The number of hydrazone groups is 4. The zero-order valence-electron chi connectivity index (χ0n) is 51.8. The van der Waals surface area contributed by atoms with Crippen LogP contribution in [0, 0.1) is 24.7 Å². The number of rotatable bonds is 17. The van der Waals surface area contributed by atoms with Crippen molar-refractivity contribution in [2.75, 3.05) is 27.4 Å². The van der Waals surface area contributed by atoms with Gasteiger partial charge in [-0.05, 0) is 160 Å². The molecular weight excluding hydrogens is 1240 g/mol. The number of amidine groups is 2. The second kappa shape index (κ2) is 34.0. The molecule has 2 heterocycles. The van der Waals surface area contributed by atoms with E-state index in [1.165, 1.54) is 62.2 Å². The molecule has 0 saturated heterocycles. The van der Waals surface area contributed by atoms with Crippen molar-refractivity contribution in [3.05, 3.63) is 165 Å². The molecule has 0 bridgehead atoms. The molecule has 2 aliphatic rings. The number of ketones is 2. The monoisotopic (exact) mass is 1310 g/mol. The maximum Gasteiger partial charge on any atom is 0.277 e. The molecule has 0 spiro atoms. The van der Waals surface area contributed by atoms with Crippen LogP contribution < -0.4 is 40.7 Å². The summed E-state index contributed by atoms with van der Waals surface area (Å²) < 4.78 is 21.8. The Balaban J connectivity index is 0.000000221. The first-order valence-electron chi connectivity index (χ1n) is 27.7. The summed E-state index contributed by atoms with van der Waals surface area (Å²) in [6.07, 6.45) is 6.25. The lowest BCUT2D eigenvalue weighted by molar-refractivity contribution is -0.123. The van der Waals surface area contributed by atoms with E-state index < -0.39 is 5.91 Å². The minimum absolute atomic E-state index is 0.0288. The Morgan fingerprint density at radius 1 is 0.549 bits per heavy atom. The second-order valence-corrected chi connectivity index (χ2v) is 22.7. The van der Waals surface area contributed by atoms with Crippen LogP contribution in [-0.2, 0) is 14.4 Å². The number of hydrogen-bond donors (Lipinski definition) is 10. The number of carbonyl (C=O) groups excluding carboxylic acids is 3. The molecule has 0 aromatic heterocycles. The summed E-state index contributed by atoms with van der Waals surface area (Å²) in [7, 11) is 3.04. The van der Waals surface area contributed by atoms with Crippen LogP contribution in [0.2, 0.25) is 0 Å². The van der Waals surface area contributed by atoms with E-state index in [0.717, 1.165) is 22.4 Å². The zero-order chi connectivity index (χ0) is 66.8.